The molecule has 1 N–H and O–H groups in total. The average molecular weight is 270 g/mol. The minimum atomic E-state index is 0.000656. The quantitative estimate of drug-likeness (QED) is 0.924. The van der Waals surface area contributed by atoms with Gasteiger partial charge in [-0.2, -0.15) is 5.26 Å². The number of nitrogens with zero attached hydrogens (tertiary/aromatic N) is 3. The van der Waals surface area contributed by atoms with E-state index in [-0.39, 0.29) is 5.56 Å². The Morgan fingerprint density at radius 3 is 2.75 bits per heavy atom. The first-order chi connectivity index (χ1) is 9.56. The van der Waals surface area contributed by atoms with E-state index in [4.69, 9.17) is 5.26 Å². The molecule has 20 heavy (non-hydrogen) atoms. The summed E-state index contributed by atoms with van der Waals surface area (Å²) in [7, 11) is 1.88. The van der Waals surface area contributed by atoms with E-state index in [2.05, 4.69) is 11.4 Å². The molecule has 2 rings (SSSR count). The molecule has 2 aromatic rings. The van der Waals surface area contributed by atoms with Crippen molar-refractivity contribution in [3.05, 3.63) is 51.7 Å². The van der Waals surface area contributed by atoms with Crippen LogP contribution in [0.25, 0.3) is 0 Å². The van der Waals surface area contributed by atoms with Crippen LogP contribution >= 0.6 is 0 Å². The number of anilines is 1. The highest BCUT2D eigenvalue weighted by molar-refractivity contribution is 5.43. The normalized spacial score (nSPS) is 10.3. The van der Waals surface area contributed by atoms with Crippen LogP contribution in [0.2, 0.25) is 0 Å². The fraction of sp³-hybridized carbons (Fsp3) is 0.333. The number of pyridine rings is 1. The third kappa shape index (κ3) is 2.59. The molecule has 0 aromatic carbocycles. The van der Waals surface area contributed by atoms with E-state index in [1.807, 2.05) is 37.7 Å². The maximum absolute atomic E-state index is 11.5. The van der Waals surface area contributed by atoms with Crippen LogP contribution in [0.4, 0.5) is 5.69 Å². The third-order valence-electron chi connectivity index (χ3n) is 3.56. The second-order valence-corrected chi connectivity index (χ2v) is 4.71. The highest BCUT2D eigenvalue weighted by atomic mass is 16.1. The lowest BCUT2D eigenvalue weighted by atomic mass is 10.2. The van der Waals surface area contributed by atoms with Crippen LogP contribution in [-0.2, 0) is 20.1 Å². The van der Waals surface area contributed by atoms with Gasteiger partial charge in [0.05, 0.1) is 5.69 Å². The molecule has 104 valence electrons. The van der Waals surface area contributed by atoms with Gasteiger partial charge < -0.3 is 14.5 Å². The van der Waals surface area contributed by atoms with Crippen LogP contribution in [-0.4, -0.2) is 9.13 Å². The van der Waals surface area contributed by atoms with Crippen molar-refractivity contribution in [2.24, 2.45) is 7.05 Å². The van der Waals surface area contributed by atoms with E-state index < -0.39 is 0 Å². The zero-order valence-corrected chi connectivity index (χ0v) is 12.0. The molecular formula is C15H18N4O. The molecule has 2 heterocycles. The van der Waals surface area contributed by atoms with Gasteiger partial charge in [0.15, 0.2) is 0 Å². The Bertz CT molecular complexity index is 718. The minimum Gasteiger partial charge on any atom is -0.380 e. The summed E-state index contributed by atoms with van der Waals surface area (Å²) in [5.41, 5.74) is 3.70. The van der Waals surface area contributed by atoms with Gasteiger partial charge in [-0.3, -0.25) is 4.79 Å². The standard InChI is InChI=1S/C15H18N4O/c1-4-19-10-13(5-6-15(19)20)17-9-12-7-14(8-16)18(3)11(12)2/h5-7,10,17H,4,9H2,1-3H3. The van der Waals surface area contributed by atoms with Gasteiger partial charge in [0, 0.05) is 38.1 Å². The first-order valence-corrected chi connectivity index (χ1v) is 6.56. The predicted molar refractivity (Wildman–Crippen MR) is 78.6 cm³/mol. The van der Waals surface area contributed by atoms with Gasteiger partial charge in [-0.05, 0) is 31.5 Å². The Morgan fingerprint density at radius 1 is 1.40 bits per heavy atom. The summed E-state index contributed by atoms with van der Waals surface area (Å²) in [6.45, 7) is 5.21. The average Bonchev–Trinajstić information content (AvgIpc) is 2.74. The van der Waals surface area contributed by atoms with Crippen molar-refractivity contribution in [2.45, 2.75) is 26.9 Å². The number of nitriles is 1. The lowest BCUT2D eigenvalue weighted by Gasteiger charge is -2.09. The van der Waals surface area contributed by atoms with Crippen LogP contribution in [0.1, 0.15) is 23.9 Å². The fourth-order valence-electron chi connectivity index (χ4n) is 2.13. The van der Waals surface area contributed by atoms with Crippen molar-refractivity contribution in [1.82, 2.24) is 9.13 Å². The molecule has 0 fully saturated rings. The summed E-state index contributed by atoms with van der Waals surface area (Å²) in [4.78, 5) is 11.5. The second-order valence-electron chi connectivity index (χ2n) is 4.71. The third-order valence-corrected chi connectivity index (χ3v) is 3.56. The van der Waals surface area contributed by atoms with Crippen LogP contribution in [0, 0.1) is 18.3 Å². The van der Waals surface area contributed by atoms with Crippen LogP contribution in [0.5, 0.6) is 0 Å². The molecule has 0 aliphatic rings. The van der Waals surface area contributed by atoms with Crippen molar-refractivity contribution < 1.29 is 0 Å². The van der Waals surface area contributed by atoms with Crippen molar-refractivity contribution in [2.75, 3.05) is 5.32 Å². The summed E-state index contributed by atoms with van der Waals surface area (Å²) in [6, 6.07) is 7.39. The zero-order chi connectivity index (χ0) is 14.7. The van der Waals surface area contributed by atoms with Gasteiger partial charge in [-0.15, -0.1) is 0 Å². The van der Waals surface area contributed by atoms with E-state index in [1.54, 1.807) is 16.7 Å². The van der Waals surface area contributed by atoms with Gasteiger partial charge in [0.2, 0.25) is 0 Å². The maximum Gasteiger partial charge on any atom is 0.250 e. The lowest BCUT2D eigenvalue weighted by Crippen LogP contribution is -2.17. The van der Waals surface area contributed by atoms with Crippen molar-refractivity contribution >= 4 is 5.69 Å². The lowest BCUT2D eigenvalue weighted by molar-refractivity contribution is 0.727. The van der Waals surface area contributed by atoms with Crippen LogP contribution in [0.3, 0.4) is 0 Å². The summed E-state index contributed by atoms with van der Waals surface area (Å²) >= 11 is 0. The number of nitrogens with one attached hydrogen (secondary N) is 1. The van der Waals surface area contributed by atoms with E-state index >= 15 is 0 Å². The van der Waals surface area contributed by atoms with Gasteiger partial charge >= 0.3 is 0 Å². The highest BCUT2D eigenvalue weighted by Crippen LogP contribution is 2.15. The maximum atomic E-state index is 11.5. The van der Waals surface area contributed by atoms with Gasteiger partial charge in [-0.25, -0.2) is 0 Å². The minimum absolute atomic E-state index is 0.000656. The summed E-state index contributed by atoms with van der Waals surface area (Å²) in [5.74, 6) is 0. The Hall–Kier alpha value is -2.48. The molecule has 5 nitrogen and oxygen atoms in total. The molecule has 0 aliphatic heterocycles. The SMILES string of the molecule is CCn1cc(NCc2cc(C#N)n(C)c2C)ccc1=O. The smallest absolute Gasteiger partial charge is 0.250 e. The largest absolute Gasteiger partial charge is 0.380 e. The molecule has 5 heteroatoms. The summed E-state index contributed by atoms with van der Waals surface area (Å²) in [6.07, 6.45) is 1.81. The number of aromatic nitrogens is 2. The monoisotopic (exact) mass is 270 g/mol. The van der Waals surface area contributed by atoms with Crippen LogP contribution in [0.15, 0.2) is 29.2 Å². The van der Waals surface area contributed by atoms with E-state index in [9.17, 15) is 4.79 Å². The van der Waals surface area contributed by atoms with Crippen LogP contribution < -0.4 is 10.9 Å². The molecule has 0 amide bonds. The summed E-state index contributed by atoms with van der Waals surface area (Å²) < 4.78 is 3.53. The Labute approximate surface area is 118 Å². The van der Waals surface area contributed by atoms with Gasteiger partial charge in [0.1, 0.15) is 11.8 Å². The van der Waals surface area contributed by atoms with Gasteiger partial charge in [-0.1, -0.05) is 0 Å². The van der Waals surface area contributed by atoms with E-state index in [0.717, 1.165) is 16.9 Å². The highest BCUT2D eigenvalue weighted by Gasteiger charge is 2.08. The Morgan fingerprint density at radius 2 is 2.15 bits per heavy atom. The molecule has 2 aromatic heterocycles. The number of aryl methyl sites for hydroxylation is 1. The first kappa shape index (κ1) is 13.9. The van der Waals surface area contributed by atoms with Crippen molar-refractivity contribution in [3.63, 3.8) is 0 Å². The number of hydrogen-bond acceptors (Lipinski definition) is 3. The van der Waals surface area contributed by atoms with E-state index in [0.29, 0.717) is 18.8 Å². The second kappa shape index (κ2) is 5.66. The number of hydrogen-bond donors (Lipinski definition) is 1. The van der Waals surface area contributed by atoms with Gasteiger partial charge in [0.25, 0.3) is 5.56 Å². The zero-order valence-electron chi connectivity index (χ0n) is 12.0. The molecule has 0 saturated heterocycles. The molecule has 0 unspecified atom stereocenters. The number of rotatable bonds is 4. The Kier molecular flexibility index (Phi) is 3.94. The topological polar surface area (TPSA) is 62.8 Å². The molecule has 0 saturated carbocycles. The molecule has 0 aliphatic carbocycles. The van der Waals surface area contributed by atoms with E-state index in [1.165, 1.54) is 0 Å². The molecule has 0 radical (unpaired) electrons. The Balaban J connectivity index is 2.17. The molecule has 0 atom stereocenters. The van der Waals surface area contributed by atoms with Crippen molar-refractivity contribution in [3.8, 4) is 6.07 Å². The molecule has 0 spiro atoms. The van der Waals surface area contributed by atoms with Crippen molar-refractivity contribution in [1.29, 1.82) is 5.26 Å². The summed E-state index contributed by atoms with van der Waals surface area (Å²) in [5, 5.41) is 12.3. The predicted octanol–water partition coefficient (Wildman–Crippen LogP) is 2.00. The molecular weight excluding hydrogens is 252 g/mol. The first-order valence-electron chi connectivity index (χ1n) is 6.56. The fourth-order valence-corrected chi connectivity index (χ4v) is 2.13. The molecule has 0 bridgehead atoms.